The van der Waals surface area contributed by atoms with Crippen LogP contribution in [-0.2, 0) is 52.3 Å². The molecule has 0 aliphatic carbocycles. The van der Waals surface area contributed by atoms with Gasteiger partial charge in [-0.25, -0.2) is 16.8 Å². The van der Waals surface area contributed by atoms with Crippen LogP contribution in [-0.4, -0.2) is 85.7 Å². The number of methoxy groups -OCH3 is 2. The number of amides is 2. The van der Waals surface area contributed by atoms with Gasteiger partial charge in [-0.1, -0.05) is 24.3 Å². The Bertz CT molecular complexity index is 1730. The van der Waals surface area contributed by atoms with Crippen molar-refractivity contribution in [2.24, 2.45) is 11.5 Å². The second kappa shape index (κ2) is 15.7. The van der Waals surface area contributed by atoms with E-state index < -0.39 is 81.8 Å². The highest BCUT2D eigenvalue weighted by atomic mass is 32.2. The third-order valence-corrected chi connectivity index (χ3v) is 10.9. The number of nitrogens with zero attached hydrogens (tertiary/aromatic N) is 2. The molecule has 0 aromatic heterocycles. The summed E-state index contributed by atoms with van der Waals surface area (Å²) in [6.45, 7) is -1.45. The van der Waals surface area contributed by atoms with Gasteiger partial charge in [-0.05, 0) is 59.7 Å². The summed E-state index contributed by atoms with van der Waals surface area (Å²) in [6.07, 6.45) is -1.82. The maximum absolute atomic E-state index is 13.9. The standard InChI is InChI=1S/C30H34N4O12S2/c1-45-21-7-11-23(12-8-21)47(41,42)33(25(29(37)38)15-27(31)35)17-19-5-3-4-6-20(19)18-34(26(30(39)40)16-28(32)36)48(43,44)24-13-9-22(46-2)10-14-24/h3-14,25-26H,15-18H2,1-2H3,(H2,31,35)(H2,32,36)(H,37,38)(H,39,40)/t25-,26+. The maximum atomic E-state index is 13.9. The minimum Gasteiger partial charge on any atom is -0.497 e. The summed E-state index contributed by atoms with van der Waals surface area (Å²) in [5.41, 5.74) is 10.7. The molecule has 0 heterocycles. The van der Waals surface area contributed by atoms with Crippen molar-refractivity contribution in [3.8, 4) is 11.5 Å². The van der Waals surface area contributed by atoms with Gasteiger partial charge in [0.15, 0.2) is 0 Å². The number of benzene rings is 3. The molecule has 2 amide bonds. The van der Waals surface area contributed by atoms with Crippen molar-refractivity contribution in [2.45, 2.75) is 47.8 Å². The minimum absolute atomic E-state index is 0.0449. The maximum Gasteiger partial charge on any atom is 0.322 e. The number of carbonyl (C=O) groups excluding carboxylic acids is 2. The van der Waals surface area contributed by atoms with Crippen molar-refractivity contribution in [3.63, 3.8) is 0 Å². The van der Waals surface area contributed by atoms with E-state index >= 15 is 0 Å². The summed E-state index contributed by atoms with van der Waals surface area (Å²) >= 11 is 0. The molecule has 0 saturated carbocycles. The van der Waals surface area contributed by atoms with Crippen molar-refractivity contribution in [2.75, 3.05) is 14.2 Å². The Balaban J connectivity index is 2.20. The Kier molecular flexibility index (Phi) is 12.2. The highest BCUT2D eigenvalue weighted by Gasteiger charge is 2.40. The molecule has 3 aromatic carbocycles. The van der Waals surface area contributed by atoms with Crippen LogP contribution in [0.1, 0.15) is 24.0 Å². The molecule has 18 heteroatoms. The number of sulfonamides is 2. The molecule has 0 aliphatic rings. The summed E-state index contributed by atoms with van der Waals surface area (Å²) in [7, 11) is -6.67. The summed E-state index contributed by atoms with van der Waals surface area (Å²) in [5.74, 6) is -5.00. The zero-order valence-electron chi connectivity index (χ0n) is 25.8. The summed E-state index contributed by atoms with van der Waals surface area (Å²) in [6, 6.07) is 11.7. The van der Waals surface area contributed by atoms with Crippen LogP contribution in [0.25, 0.3) is 0 Å². The number of carbonyl (C=O) groups is 4. The van der Waals surface area contributed by atoms with Gasteiger partial charge in [-0.3, -0.25) is 19.2 Å². The van der Waals surface area contributed by atoms with Gasteiger partial charge in [0.2, 0.25) is 31.9 Å². The summed E-state index contributed by atoms with van der Waals surface area (Å²) < 4.78 is 66.9. The fourth-order valence-corrected chi connectivity index (χ4v) is 7.82. The molecule has 258 valence electrons. The lowest BCUT2D eigenvalue weighted by molar-refractivity contribution is -0.144. The van der Waals surface area contributed by atoms with Crippen LogP contribution in [0, 0.1) is 0 Å². The average Bonchev–Trinajstić information content (AvgIpc) is 3.04. The normalized spacial score (nSPS) is 13.1. The van der Waals surface area contributed by atoms with Crippen molar-refractivity contribution in [1.29, 1.82) is 0 Å². The smallest absolute Gasteiger partial charge is 0.322 e. The van der Waals surface area contributed by atoms with Crippen LogP contribution in [0.2, 0.25) is 0 Å². The zero-order valence-corrected chi connectivity index (χ0v) is 27.4. The molecule has 3 rings (SSSR count). The topological polar surface area (TPSA) is 254 Å². The molecule has 6 N–H and O–H groups in total. The van der Waals surface area contributed by atoms with E-state index in [-0.39, 0.29) is 20.9 Å². The van der Waals surface area contributed by atoms with Crippen LogP contribution in [0.5, 0.6) is 11.5 Å². The number of nitrogens with two attached hydrogens (primary N) is 2. The summed E-state index contributed by atoms with van der Waals surface area (Å²) in [5, 5.41) is 20.1. The van der Waals surface area contributed by atoms with Gasteiger partial charge in [-0.15, -0.1) is 0 Å². The fourth-order valence-electron chi connectivity index (χ4n) is 4.70. The van der Waals surface area contributed by atoms with Crippen LogP contribution >= 0.6 is 0 Å². The Morgan fingerprint density at radius 1 is 0.625 bits per heavy atom. The van der Waals surface area contributed by atoms with Crippen LogP contribution in [0.15, 0.2) is 82.6 Å². The number of carboxylic acid groups (broad SMARTS) is 2. The Labute approximate surface area is 276 Å². The highest BCUT2D eigenvalue weighted by molar-refractivity contribution is 7.89. The third kappa shape index (κ3) is 8.85. The van der Waals surface area contributed by atoms with Crippen LogP contribution in [0.4, 0.5) is 0 Å². The number of hydrogen-bond acceptors (Lipinski definition) is 10. The largest absolute Gasteiger partial charge is 0.497 e. The molecular formula is C30H34N4O12S2. The fraction of sp³-hybridized carbons (Fsp3) is 0.267. The summed E-state index contributed by atoms with van der Waals surface area (Å²) in [4.78, 5) is 47.8. The first-order chi connectivity index (χ1) is 22.5. The van der Waals surface area contributed by atoms with Crippen molar-refractivity contribution in [1.82, 2.24) is 8.61 Å². The number of ether oxygens (including phenoxy) is 2. The molecule has 3 aromatic rings. The van der Waals surface area contributed by atoms with E-state index in [9.17, 15) is 46.2 Å². The first-order valence-corrected chi connectivity index (χ1v) is 16.8. The molecule has 0 saturated heterocycles. The number of rotatable bonds is 18. The minimum atomic E-state index is -4.69. The molecule has 0 aliphatic heterocycles. The van der Waals surface area contributed by atoms with Gasteiger partial charge in [0, 0.05) is 13.1 Å². The SMILES string of the molecule is COc1ccc(S(=O)(=O)N(Cc2ccccc2CN([C@@H](CC(N)=O)C(=O)O)S(=O)(=O)c2ccc(OC)cc2)[C@H](CC(N)=O)C(=O)O)cc1. The lowest BCUT2D eigenvalue weighted by Gasteiger charge is -2.31. The highest BCUT2D eigenvalue weighted by Crippen LogP contribution is 2.29. The van der Waals surface area contributed by atoms with E-state index in [2.05, 4.69) is 0 Å². The van der Waals surface area contributed by atoms with Gasteiger partial charge < -0.3 is 31.2 Å². The van der Waals surface area contributed by atoms with Crippen LogP contribution in [0.3, 0.4) is 0 Å². The molecule has 0 bridgehead atoms. The van der Waals surface area contributed by atoms with E-state index in [1.165, 1.54) is 87.0 Å². The number of carboxylic acids is 2. The molecular weight excluding hydrogens is 672 g/mol. The van der Waals surface area contributed by atoms with Gasteiger partial charge >= 0.3 is 11.9 Å². The molecule has 0 fully saturated rings. The van der Waals surface area contributed by atoms with Gasteiger partial charge in [-0.2, -0.15) is 8.61 Å². The molecule has 2 atom stereocenters. The predicted octanol–water partition coefficient (Wildman–Crippen LogP) is 0.743. The van der Waals surface area contributed by atoms with Crippen molar-refractivity contribution < 1.29 is 55.7 Å². The monoisotopic (exact) mass is 706 g/mol. The van der Waals surface area contributed by atoms with E-state index in [0.29, 0.717) is 20.1 Å². The van der Waals surface area contributed by atoms with E-state index in [1.54, 1.807) is 0 Å². The second-order valence-electron chi connectivity index (χ2n) is 10.3. The second-order valence-corrected chi connectivity index (χ2v) is 14.1. The van der Waals surface area contributed by atoms with Crippen molar-refractivity contribution in [3.05, 3.63) is 83.9 Å². The molecule has 0 spiro atoms. The van der Waals surface area contributed by atoms with Gasteiger partial charge in [0.1, 0.15) is 23.6 Å². The number of hydrogen-bond donors (Lipinski definition) is 4. The molecule has 48 heavy (non-hydrogen) atoms. The first kappa shape index (κ1) is 37.4. The quantitative estimate of drug-likeness (QED) is 0.143. The average molecular weight is 707 g/mol. The van der Waals surface area contributed by atoms with E-state index in [0.717, 1.165) is 0 Å². The third-order valence-electron chi connectivity index (χ3n) is 7.16. The first-order valence-electron chi connectivity index (χ1n) is 13.9. The van der Waals surface area contributed by atoms with Crippen molar-refractivity contribution >= 4 is 43.8 Å². The lowest BCUT2D eigenvalue weighted by Crippen LogP contribution is -2.47. The van der Waals surface area contributed by atoms with Gasteiger partial charge in [0.25, 0.3) is 0 Å². The van der Waals surface area contributed by atoms with Crippen LogP contribution < -0.4 is 20.9 Å². The lowest BCUT2D eigenvalue weighted by atomic mass is 10.1. The Morgan fingerprint density at radius 2 is 0.938 bits per heavy atom. The number of primary amides is 2. The zero-order chi connectivity index (χ0) is 35.8. The Morgan fingerprint density at radius 3 is 1.19 bits per heavy atom. The molecule has 0 unspecified atom stereocenters. The van der Waals surface area contributed by atoms with Gasteiger partial charge in [0.05, 0.1) is 36.9 Å². The van der Waals surface area contributed by atoms with E-state index in [1.807, 2.05) is 0 Å². The predicted molar refractivity (Wildman–Crippen MR) is 168 cm³/mol. The Hall–Kier alpha value is -5.04. The number of aliphatic carboxylic acids is 2. The molecule has 0 radical (unpaired) electrons. The molecule has 16 nitrogen and oxygen atoms in total. The van der Waals surface area contributed by atoms with E-state index in [4.69, 9.17) is 20.9 Å².